The molecule has 0 spiro atoms. The third kappa shape index (κ3) is 16.7. The van der Waals surface area contributed by atoms with Crippen molar-refractivity contribution in [3.05, 3.63) is 141 Å². The minimum absolute atomic E-state index is 0.000351. The number of nitrogens with zero attached hydrogens (tertiary/aromatic N) is 4. The third-order valence-electron chi connectivity index (χ3n) is 10.8. The number of ether oxygens (including phenoxy) is 4. The maximum Gasteiger partial charge on any atom is 0.332 e. The van der Waals surface area contributed by atoms with Crippen LogP contribution < -0.4 is 0 Å². The standard InChI is InChI=1S/2C24H31ClN2O4/c1-19(28)17-31-23(29)18-30-16-15-26-11-13-27(14-12-26)24(20-5-3-2-4-6-20)21-7-9-22(25)10-8-21;1-19(17-28)31-23(29)18-30-16-15-26-11-13-27(14-12-26)24(20-5-3-2-4-6-20)21-7-9-22(25)10-8-21/h2*2-10,19,24,28H,11-18H2,1H3/t2*19?,24-/m00/s1. The number of benzene rings is 4. The van der Waals surface area contributed by atoms with Crippen LogP contribution in [0.1, 0.15) is 48.2 Å². The highest BCUT2D eigenvalue weighted by Gasteiger charge is 2.28. The molecule has 0 aromatic heterocycles. The molecule has 0 aliphatic carbocycles. The van der Waals surface area contributed by atoms with Gasteiger partial charge in [-0.05, 0) is 60.4 Å². The van der Waals surface area contributed by atoms with Crippen LogP contribution in [0, 0.1) is 0 Å². The largest absolute Gasteiger partial charge is 0.461 e. The molecule has 6 rings (SSSR count). The maximum absolute atomic E-state index is 11.6. The van der Waals surface area contributed by atoms with Gasteiger partial charge in [0.15, 0.2) is 0 Å². The lowest BCUT2D eigenvalue weighted by atomic mass is 9.96. The molecule has 2 aliphatic heterocycles. The highest BCUT2D eigenvalue weighted by molar-refractivity contribution is 6.30. The van der Waals surface area contributed by atoms with Crippen LogP contribution in [-0.2, 0) is 28.5 Å². The van der Waals surface area contributed by atoms with E-state index in [2.05, 4.69) is 92.4 Å². The Morgan fingerprint density at radius 2 is 0.968 bits per heavy atom. The van der Waals surface area contributed by atoms with Crippen LogP contribution in [0.25, 0.3) is 0 Å². The summed E-state index contributed by atoms with van der Waals surface area (Å²) in [5.41, 5.74) is 5.03. The molecule has 12 nitrogen and oxygen atoms in total. The van der Waals surface area contributed by atoms with Crippen LogP contribution in [-0.4, -0.2) is 159 Å². The van der Waals surface area contributed by atoms with Crippen LogP contribution >= 0.6 is 23.2 Å². The summed E-state index contributed by atoms with van der Waals surface area (Å²) < 4.78 is 20.7. The molecule has 4 atom stereocenters. The SMILES string of the molecule is CC(CO)OC(=O)COCCN1CCN([C@@H](c2ccccc2)c2ccc(Cl)cc2)CC1.CC(O)COC(=O)COCCN1CCN([C@@H](c2ccccc2)c2ccc(Cl)cc2)CC1. The summed E-state index contributed by atoms with van der Waals surface area (Å²) >= 11 is 12.2. The van der Waals surface area contributed by atoms with E-state index in [9.17, 15) is 9.59 Å². The van der Waals surface area contributed by atoms with Crippen molar-refractivity contribution < 1.29 is 38.7 Å². The molecule has 2 aliphatic rings. The van der Waals surface area contributed by atoms with Crippen LogP contribution in [0.5, 0.6) is 0 Å². The van der Waals surface area contributed by atoms with Gasteiger partial charge in [-0.25, -0.2) is 9.59 Å². The van der Waals surface area contributed by atoms with Gasteiger partial charge in [0.25, 0.3) is 0 Å². The zero-order valence-corrected chi connectivity index (χ0v) is 37.4. The number of piperazine rings is 2. The van der Waals surface area contributed by atoms with Crippen LogP contribution in [0.2, 0.25) is 10.0 Å². The molecular formula is C48H62Cl2N4O8. The van der Waals surface area contributed by atoms with Crippen molar-refractivity contribution in [2.75, 3.05) is 105 Å². The average molecular weight is 894 g/mol. The Bertz CT molecular complexity index is 1860. The number of hydrogen-bond acceptors (Lipinski definition) is 12. The van der Waals surface area contributed by atoms with E-state index in [0.29, 0.717) is 13.2 Å². The molecule has 336 valence electrons. The molecule has 14 heteroatoms. The van der Waals surface area contributed by atoms with Gasteiger partial charge in [0, 0.05) is 75.5 Å². The van der Waals surface area contributed by atoms with Gasteiger partial charge < -0.3 is 29.2 Å². The number of halogens is 2. The third-order valence-corrected chi connectivity index (χ3v) is 11.3. The molecule has 2 N–H and O–H groups in total. The van der Waals surface area contributed by atoms with Crippen LogP contribution in [0.3, 0.4) is 0 Å². The summed E-state index contributed by atoms with van der Waals surface area (Å²) in [7, 11) is 0. The second kappa shape index (κ2) is 26.6. The van der Waals surface area contributed by atoms with Crippen molar-refractivity contribution in [3.63, 3.8) is 0 Å². The first-order chi connectivity index (χ1) is 30.1. The van der Waals surface area contributed by atoms with E-state index in [-0.39, 0.29) is 38.5 Å². The van der Waals surface area contributed by atoms with Crippen molar-refractivity contribution >= 4 is 35.1 Å². The molecule has 0 saturated carbocycles. The Morgan fingerprint density at radius 1 is 0.581 bits per heavy atom. The molecular weight excluding hydrogens is 831 g/mol. The number of rotatable bonds is 20. The van der Waals surface area contributed by atoms with Gasteiger partial charge in [-0.15, -0.1) is 0 Å². The Hall–Kier alpha value is -3.92. The first-order valence-electron chi connectivity index (χ1n) is 21.4. The highest BCUT2D eigenvalue weighted by Crippen LogP contribution is 2.32. The molecule has 0 amide bonds. The van der Waals surface area contributed by atoms with Gasteiger partial charge in [0.05, 0.1) is 38.0 Å². The Kier molecular flexibility index (Phi) is 21.1. The summed E-state index contributed by atoms with van der Waals surface area (Å²) in [4.78, 5) is 32.8. The van der Waals surface area contributed by atoms with Crippen molar-refractivity contribution in [2.24, 2.45) is 0 Å². The molecule has 2 saturated heterocycles. The number of aliphatic hydroxyl groups is 2. The molecule has 2 unspecified atom stereocenters. The summed E-state index contributed by atoms with van der Waals surface area (Å²) in [5, 5.41) is 19.5. The number of hydrogen-bond donors (Lipinski definition) is 2. The quantitative estimate of drug-likeness (QED) is 0.0803. The molecule has 0 radical (unpaired) electrons. The predicted octanol–water partition coefficient (Wildman–Crippen LogP) is 5.98. The summed E-state index contributed by atoms with van der Waals surface area (Å²) in [6.07, 6.45) is -1.16. The molecule has 62 heavy (non-hydrogen) atoms. The maximum atomic E-state index is 11.6. The van der Waals surface area contributed by atoms with E-state index in [1.165, 1.54) is 22.3 Å². The molecule has 4 aromatic carbocycles. The fourth-order valence-corrected chi connectivity index (χ4v) is 7.78. The fourth-order valence-electron chi connectivity index (χ4n) is 7.53. The van der Waals surface area contributed by atoms with Gasteiger partial charge in [0.2, 0.25) is 0 Å². The van der Waals surface area contributed by atoms with E-state index in [0.717, 1.165) is 75.5 Å². The summed E-state index contributed by atoms with van der Waals surface area (Å²) in [5.74, 6) is -0.889. The molecule has 2 fully saturated rings. The number of aliphatic hydroxyl groups excluding tert-OH is 2. The number of carbonyl (C=O) groups excluding carboxylic acids is 2. The van der Waals surface area contributed by atoms with Gasteiger partial charge >= 0.3 is 11.9 Å². The van der Waals surface area contributed by atoms with Crippen molar-refractivity contribution in [1.29, 1.82) is 0 Å². The Morgan fingerprint density at radius 3 is 1.35 bits per heavy atom. The molecule has 2 heterocycles. The minimum Gasteiger partial charge on any atom is -0.461 e. The molecule has 0 bridgehead atoms. The second-order valence-corrected chi connectivity index (χ2v) is 16.5. The van der Waals surface area contributed by atoms with E-state index in [4.69, 9.17) is 52.4 Å². The van der Waals surface area contributed by atoms with Gasteiger partial charge in [-0.3, -0.25) is 19.6 Å². The van der Waals surface area contributed by atoms with Crippen molar-refractivity contribution in [1.82, 2.24) is 19.6 Å². The lowest BCUT2D eigenvalue weighted by Crippen LogP contribution is -2.48. The van der Waals surface area contributed by atoms with Crippen LogP contribution in [0.15, 0.2) is 109 Å². The first kappa shape index (κ1) is 49.1. The van der Waals surface area contributed by atoms with Crippen molar-refractivity contribution in [3.8, 4) is 0 Å². The van der Waals surface area contributed by atoms with Crippen molar-refractivity contribution in [2.45, 2.75) is 38.1 Å². The summed E-state index contributed by atoms with van der Waals surface area (Å²) in [6.45, 7) is 12.9. The normalized spacial score (nSPS) is 17.3. The Labute approximate surface area is 376 Å². The lowest BCUT2D eigenvalue weighted by Gasteiger charge is -2.39. The molecule has 4 aromatic rings. The van der Waals surface area contributed by atoms with E-state index in [1.807, 2.05) is 36.4 Å². The van der Waals surface area contributed by atoms with E-state index < -0.39 is 24.1 Å². The predicted molar refractivity (Wildman–Crippen MR) is 242 cm³/mol. The smallest absolute Gasteiger partial charge is 0.332 e. The zero-order chi connectivity index (χ0) is 44.1. The van der Waals surface area contributed by atoms with Gasteiger partial charge in [0.1, 0.15) is 25.9 Å². The van der Waals surface area contributed by atoms with Gasteiger partial charge in [-0.2, -0.15) is 0 Å². The van der Waals surface area contributed by atoms with E-state index >= 15 is 0 Å². The Balaban J connectivity index is 0.000000234. The lowest BCUT2D eigenvalue weighted by molar-refractivity contribution is -0.155. The average Bonchev–Trinajstić information content (AvgIpc) is 3.29. The monoisotopic (exact) mass is 892 g/mol. The first-order valence-corrected chi connectivity index (χ1v) is 22.2. The number of carbonyl (C=O) groups is 2. The fraction of sp³-hybridized carbons (Fsp3) is 0.458. The highest BCUT2D eigenvalue weighted by atomic mass is 35.5. The van der Waals surface area contributed by atoms with E-state index in [1.54, 1.807) is 13.8 Å². The summed E-state index contributed by atoms with van der Waals surface area (Å²) in [6, 6.07) is 37.7. The van der Waals surface area contributed by atoms with Crippen LogP contribution in [0.4, 0.5) is 0 Å². The second-order valence-electron chi connectivity index (χ2n) is 15.6. The zero-order valence-electron chi connectivity index (χ0n) is 35.9. The topological polar surface area (TPSA) is 124 Å². The van der Waals surface area contributed by atoms with Gasteiger partial charge in [-0.1, -0.05) is 108 Å². The number of esters is 2. The minimum atomic E-state index is -0.659.